The molecule has 5 heteroatoms. The maximum absolute atomic E-state index is 12.1. The van der Waals surface area contributed by atoms with E-state index in [-0.39, 0.29) is 11.3 Å². The molecule has 21 heavy (non-hydrogen) atoms. The molecule has 3 heterocycles. The van der Waals surface area contributed by atoms with E-state index in [1.54, 1.807) is 0 Å². The molecule has 1 amide bonds. The number of nitrogens with zero attached hydrogens (tertiary/aromatic N) is 2. The van der Waals surface area contributed by atoms with Gasteiger partial charge in [0.15, 0.2) is 0 Å². The minimum Gasteiger partial charge on any atom is -0.350 e. The van der Waals surface area contributed by atoms with Crippen molar-refractivity contribution in [1.82, 2.24) is 20.2 Å². The van der Waals surface area contributed by atoms with Crippen LogP contribution in [0.3, 0.4) is 0 Å². The molecule has 0 aromatic carbocycles. The van der Waals surface area contributed by atoms with Gasteiger partial charge in [-0.2, -0.15) is 0 Å². The number of aromatic amines is 1. The number of amides is 1. The third-order valence-corrected chi connectivity index (χ3v) is 4.68. The van der Waals surface area contributed by atoms with E-state index in [2.05, 4.69) is 41.0 Å². The van der Waals surface area contributed by atoms with E-state index < -0.39 is 0 Å². The molecule has 5 nitrogen and oxygen atoms in total. The standard InChI is InChI=1S/C16H26N4O/c1-11(20-6-4-5-7-20)8-13-18-12-9-16(2,3)10-17-15(21)14(12)19-13/h11H,4-10H2,1-3H3,(H,17,21)(H,18,19)/t11-/m0/s1. The van der Waals surface area contributed by atoms with Crippen LogP contribution in [0.2, 0.25) is 0 Å². The van der Waals surface area contributed by atoms with Crippen LogP contribution in [-0.4, -0.2) is 46.5 Å². The Morgan fingerprint density at radius 1 is 1.33 bits per heavy atom. The van der Waals surface area contributed by atoms with Crippen LogP contribution in [0.25, 0.3) is 0 Å². The van der Waals surface area contributed by atoms with Crippen molar-refractivity contribution in [3.8, 4) is 0 Å². The molecule has 116 valence electrons. The number of hydrogen-bond acceptors (Lipinski definition) is 3. The van der Waals surface area contributed by atoms with Gasteiger partial charge in [0.1, 0.15) is 11.5 Å². The molecule has 1 aromatic rings. The molecule has 2 N–H and O–H groups in total. The van der Waals surface area contributed by atoms with Crippen molar-refractivity contribution in [2.75, 3.05) is 19.6 Å². The number of carbonyl (C=O) groups is 1. The molecular formula is C16H26N4O. The minimum absolute atomic E-state index is 0.0353. The molecule has 2 aliphatic heterocycles. The van der Waals surface area contributed by atoms with Gasteiger partial charge in [-0.3, -0.25) is 4.79 Å². The molecule has 2 aliphatic rings. The predicted molar refractivity (Wildman–Crippen MR) is 82.4 cm³/mol. The summed E-state index contributed by atoms with van der Waals surface area (Å²) in [5, 5.41) is 2.98. The lowest BCUT2D eigenvalue weighted by Gasteiger charge is -2.23. The quantitative estimate of drug-likeness (QED) is 0.891. The topological polar surface area (TPSA) is 61.0 Å². The van der Waals surface area contributed by atoms with Crippen molar-refractivity contribution in [2.24, 2.45) is 5.41 Å². The first-order chi connectivity index (χ1) is 9.94. The fraction of sp³-hybridized carbons (Fsp3) is 0.750. The lowest BCUT2D eigenvalue weighted by molar-refractivity contribution is 0.0940. The van der Waals surface area contributed by atoms with Gasteiger partial charge in [-0.15, -0.1) is 0 Å². The van der Waals surface area contributed by atoms with Crippen molar-refractivity contribution in [3.05, 3.63) is 17.2 Å². The third-order valence-electron chi connectivity index (χ3n) is 4.68. The van der Waals surface area contributed by atoms with Crippen molar-refractivity contribution in [1.29, 1.82) is 0 Å². The minimum atomic E-state index is -0.0353. The zero-order chi connectivity index (χ0) is 15.0. The number of aromatic nitrogens is 2. The maximum atomic E-state index is 12.1. The van der Waals surface area contributed by atoms with E-state index in [0.717, 1.165) is 24.4 Å². The van der Waals surface area contributed by atoms with E-state index in [1.165, 1.54) is 25.9 Å². The summed E-state index contributed by atoms with van der Waals surface area (Å²) in [5.74, 6) is 0.916. The Labute approximate surface area is 126 Å². The summed E-state index contributed by atoms with van der Waals surface area (Å²) in [6.07, 6.45) is 4.36. The molecule has 0 saturated carbocycles. The predicted octanol–water partition coefficient (Wildman–Crippen LogP) is 1.75. The molecule has 1 fully saturated rings. The Hall–Kier alpha value is -1.36. The van der Waals surface area contributed by atoms with Crippen molar-refractivity contribution < 1.29 is 4.79 Å². The number of imidazole rings is 1. The van der Waals surface area contributed by atoms with Gasteiger partial charge in [-0.05, 0) is 44.7 Å². The molecule has 1 aromatic heterocycles. The van der Waals surface area contributed by atoms with Gasteiger partial charge in [0.2, 0.25) is 0 Å². The van der Waals surface area contributed by atoms with Gasteiger partial charge in [0, 0.05) is 24.7 Å². The van der Waals surface area contributed by atoms with E-state index in [0.29, 0.717) is 18.3 Å². The van der Waals surface area contributed by atoms with Crippen LogP contribution in [0.15, 0.2) is 0 Å². The van der Waals surface area contributed by atoms with Gasteiger partial charge >= 0.3 is 0 Å². The number of hydrogen-bond donors (Lipinski definition) is 2. The molecule has 0 radical (unpaired) electrons. The van der Waals surface area contributed by atoms with Crippen LogP contribution in [-0.2, 0) is 12.8 Å². The molecule has 1 saturated heterocycles. The zero-order valence-electron chi connectivity index (χ0n) is 13.3. The van der Waals surface area contributed by atoms with Crippen LogP contribution >= 0.6 is 0 Å². The number of fused-ring (bicyclic) bond motifs is 1. The van der Waals surface area contributed by atoms with Gasteiger partial charge in [-0.25, -0.2) is 4.98 Å². The fourth-order valence-electron chi connectivity index (χ4n) is 3.41. The van der Waals surface area contributed by atoms with E-state index in [9.17, 15) is 4.79 Å². The number of rotatable bonds is 3. The molecule has 1 atom stereocenters. The van der Waals surface area contributed by atoms with Gasteiger partial charge < -0.3 is 15.2 Å². The molecule has 0 bridgehead atoms. The summed E-state index contributed by atoms with van der Waals surface area (Å²) < 4.78 is 0. The molecule has 3 rings (SSSR count). The van der Waals surface area contributed by atoms with E-state index in [4.69, 9.17) is 0 Å². The first kappa shape index (κ1) is 14.6. The fourth-order valence-corrected chi connectivity index (χ4v) is 3.41. The summed E-state index contributed by atoms with van der Waals surface area (Å²) in [5.41, 5.74) is 1.67. The van der Waals surface area contributed by atoms with Gasteiger partial charge in [-0.1, -0.05) is 13.8 Å². The van der Waals surface area contributed by atoms with Crippen LogP contribution < -0.4 is 5.32 Å². The number of likely N-dealkylation sites (tertiary alicyclic amines) is 1. The Bertz CT molecular complexity index is 528. The van der Waals surface area contributed by atoms with Crippen LogP contribution in [0, 0.1) is 5.41 Å². The molecule has 0 spiro atoms. The molecular weight excluding hydrogens is 264 g/mol. The van der Waals surface area contributed by atoms with Crippen LogP contribution in [0.4, 0.5) is 0 Å². The summed E-state index contributed by atoms with van der Waals surface area (Å²) in [6, 6.07) is 0.485. The van der Waals surface area contributed by atoms with Crippen molar-refractivity contribution in [2.45, 2.75) is 52.5 Å². The summed E-state index contributed by atoms with van der Waals surface area (Å²) in [7, 11) is 0. The summed E-state index contributed by atoms with van der Waals surface area (Å²) >= 11 is 0. The third kappa shape index (κ3) is 3.12. The van der Waals surface area contributed by atoms with E-state index >= 15 is 0 Å². The second-order valence-corrected chi connectivity index (χ2v) is 7.33. The normalized spacial score (nSPS) is 23.5. The Morgan fingerprint density at radius 3 is 2.76 bits per heavy atom. The van der Waals surface area contributed by atoms with Crippen molar-refractivity contribution >= 4 is 5.91 Å². The lowest BCUT2D eigenvalue weighted by atomic mass is 9.88. The van der Waals surface area contributed by atoms with Crippen molar-refractivity contribution in [3.63, 3.8) is 0 Å². The number of H-pyrrole nitrogens is 1. The maximum Gasteiger partial charge on any atom is 0.271 e. The smallest absolute Gasteiger partial charge is 0.271 e. The summed E-state index contributed by atoms with van der Waals surface area (Å²) in [6.45, 7) is 9.69. The largest absolute Gasteiger partial charge is 0.350 e. The summed E-state index contributed by atoms with van der Waals surface area (Å²) in [4.78, 5) is 22.6. The highest BCUT2D eigenvalue weighted by atomic mass is 16.1. The lowest BCUT2D eigenvalue weighted by Crippen LogP contribution is -2.33. The highest BCUT2D eigenvalue weighted by molar-refractivity contribution is 5.93. The Kier molecular flexibility index (Phi) is 3.78. The zero-order valence-corrected chi connectivity index (χ0v) is 13.3. The van der Waals surface area contributed by atoms with Gasteiger partial charge in [0.25, 0.3) is 5.91 Å². The van der Waals surface area contributed by atoms with Gasteiger partial charge in [0.05, 0.1) is 0 Å². The average molecular weight is 290 g/mol. The van der Waals surface area contributed by atoms with Crippen LogP contribution in [0.1, 0.15) is 55.6 Å². The second-order valence-electron chi connectivity index (χ2n) is 7.33. The Morgan fingerprint density at radius 2 is 2.05 bits per heavy atom. The number of nitrogens with one attached hydrogen (secondary N) is 2. The molecule has 0 unspecified atom stereocenters. The number of carbonyl (C=O) groups excluding carboxylic acids is 1. The molecule has 0 aliphatic carbocycles. The monoisotopic (exact) mass is 290 g/mol. The highest BCUT2D eigenvalue weighted by Gasteiger charge is 2.30. The first-order valence-corrected chi connectivity index (χ1v) is 8.05. The van der Waals surface area contributed by atoms with Crippen LogP contribution in [0.5, 0.6) is 0 Å². The van der Waals surface area contributed by atoms with E-state index in [1.807, 2.05) is 0 Å². The highest BCUT2D eigenvalue weighted by Crippen LogP contribution is 2.25. The second kappa shape index (κ2) is 5.44. The first-order valence-electron chi connectivity index (χ1n) is 8.05. The SMILES string of the molecule is C[C@@H](Cc1nc2c([nH]1)CC(C)(C)CNC2=O)N1CCCC1. The Balaban J connectivity index is 1.76. The average Bonchev–Trinajstić information content (AvgIpc) is 3.03.